The number of esters is 1. The van der Waals surface area contributed by atoms with E-state index in [0.717, 1.165) is 5.56 Å². The lowest BCUT2D eigenvalue weighted by Gasteiger charge is -2.17. The number of hydrogen-bond donors (Lipinski definition) is 1. The number of rotatable bonds is 9. The highest BCUT2D eigenvalue weighted by Crippen LogP contribution is 2.04. The van der Waals surface area contributed by atoms with Crippen LogP contribution in [0.15, 0.2) is 30.3 Å². The molecule has 7 heteroatoms. The van der Waals surface area contributed by atoms with Gasteiger partial charge in [-0.25, -0.2) is 9.59 Å². The SMILES string of the molecule is CCCOC(=O)C(CCC(=O)[O-])NC(=O)OCc1ccccc1. The maximum Gasteiger partial charge on any atom is 0.408 e. The summed E-state index contributed by atoms with van der Waals surface area (Å²) in [6, 6.07) is 7.95. The Labute approximate surface area is 134 Å². The van der Waals surface area contributed by atoms with Crippen LogP contribution in [0, 0.1) is 0 Å². The lowest BCUT2D eigenvalue weighted by atomic mass is 10.1. The van der Waals surface area contributed by atoms with E-state index in [0.29, 0.717) is 6.42 Å². The molecule has 0 saturated heterocycles. The fourth-order valence-electron chi connectivity index (χ4n) is 1.72. The number of hydrogen-bond acceptors (Lipinski definition) is 6. The molecule has 23 heavy (non-hydrogen) atoms. The molecule has 0 aliphatic heterocycles. The Bertz CT molecular complexity index is 517. The highest BCUT2D eigenvalue weighted by Gasteiger charge is 2.22. The highest BCUT2D eigenvalue weighted by molar-refractivity contribution is 5.81. The molecule has 1 unspecified atom stereocenters. The van der Waals surface area contributed by atoms with Gasteiger partial charge in [0, 0.05) is 5.97 Å². The number of carbonyl (C=O) groups excluding carboxylic acids is 3. The van der Waals surface area contributed by atoms with E-state index in [-0.39, 0.29) is 26.1 Å². The standard InChI is InChI=1S/C16H21NO6/c1-2-10-22-15(20)13(8-9-14(18)19)17-16(21)23-11-12-6-4-3-5-7-12/h3-7,13H,2,8-11H2,1H3,(H,17,21)(H,18,19)/p-1. The maximum atomic E-state index is 11.8. The minimum atomic E-state index is -1.31. The normalized spacial score (nSPS) is 11.3. The van der Waals surface area contributed by atoms with E-state index in [1.165, 1.54) is 0 Å². The minimum absolute atomic E-state index is 0.0455. The number of alkyl carbamates (subject to hydrolysis) is 1. The van der Waals surface area contributed by atoms with Gasteiger partial charge in [-0.1, -0.05) is 37.3 Å². The van der Waals surface area contributed by atoms with Gasteiger partial charge in [0.15, 0.2) is 0 Å². The van der Waals surface area contributed by atoms with Gasteiger partial charge < -0.3 is 24.7 Å². The van der Waals surface area contributed by atoms with Crippen LogP contribution in [0.3, 0.4) is 0 Å². The third-order valence-corrected chi connectivity index (χ3v) is 2.87. The quantitative estimate of drug-likeness (QED) is 0.673. The molecule has 0 fully saturated rings. The molecule has 0 aromatic heterocycles. The molecule has 0 saturated carbocycles. The zero-order valence-corrected chi connectivity index (χ0v) is 12.9. The summed E-state index contributed by atoms with van der Waals surface area (Å²) in [5.74, 6) is -2.00. The zero-order chi connectivity index (χ0) is 17.1. The monoisotopic (exact) mass is 322 g/mol. The lowest BCUT2D eigenvalue weighted by molar-refractivity contribution is -0.305. The number of amides is 1. The van der Waals surface area contributed by atoms with Crippen LogP contribution in [0.4, 0.5) is 4.79 Å². The summed E-state index contributed by atoms with van der Waals surface area (Å²) in [4.78, 5) is 34.1. The summed E-state index contributed by atoms with van der Waals surface area (Å²) in [6.45, 7) is 2.07. The first-order chi connectivity index (χ1) is 11.0. The first kappa shape index (κ1) is 18.5. The molecule has 1 aromatic carbocycles. The zero-order valence-electron chi connectivity index (χ0n) is 12.9. The van der Waals surface area contributed by atoms with Crippen LogP contribution in [0.25, 0.3) is 0 Å². The van der Waals surface area contributed by atoms with Crippen molar-refractivity contribution in [3.05, 3.63) is 35.9 Å². The Kier molecular flexibility index (Phi) is 8.20. The second-order valence-corrected chi connectivity index (χ2v) is 4.84. The van der Waals surface area contributed by atoms with Crippen molar-refractivity contribution in [1.29, 1.82) is 0 Å². The number of benzene rings is 1. The van der Waals surface area contributed by atoms with Crippen LogP contribution >= 0.6 is 0 Å². The Morgan fingerprint density at radius 1 is 1.17 bits per heavy atom. The molecule has 0 spiro atoms. The second kappa shape index (κ2) is 10.2. The molecule has 0 heterocycles. The van der Waals surface area contributed by atoms with Crippen LogP contribution in [-0.4, -0.2) is 30.7 Å². The van der Waals surface area contributed by atoms with Crippen LogP contribution < -0.4 is 10.4 Å². The lowest BCUT2D eigenvalue weighted by Crippen LogP contribution is -2.43. The van der Waals surface area contributed by atoms with Crippen molar-refractivity contribution in [3.8, 4) is 0 Å². The molecule has 126 valence electrons. The van der Waals surface area contributed by atoms with Gasteiger partial charge in [0.25, 0.3) is 0 Å². The van der Waals surface area contributed by atoms with Crippen molar-refractivity contribution >= 4 is 18.0 Å². The summed E-state index contributed by atoms with van der Waals surface area (Å²) in [5.41, 5.74) is 0.794. The van der Waals surface area contributed by atoms with Gasteiger partial charge in [-0.3, -0.25) is 0 Å². The van der Waals surface area contributed by atoms with E-state index in [1.54, 1.807) is 24.3 Å². The third-order valence-electron chi connectivity index (χ3n) is 2.87. The van der Waals surface area contributed by atoms with E-state index in [2.05, 4.69) is 5.32 Å². The topological polar surface area (TPSA) is 105 Å². The molecule has 7 nitrogen and oxygen atoms in total. The van der Waals surface area contributed by atoms with Gasteiger partial charge >= 0.3 is 12.1 Å². The largest absolute Gasteiger partial charge is 0.550 e. The molecule has 0 bridgehead atoms. The smallest absolute Gasteiger partial charge is 0.408 e. The first-order valence-corrected chi connectivity index (χ1v) is 7.36. The number of carboxylic acid groups (broad SMARTS) is 1. The Morgan fingerprint density at radius 2 is 1.87 bits per heavy atom. The van der Waals surface area contributed by atoms with Gasteiger partial charge in [-0.2, -0.15) is 0 Å². The van der Waals surface area contributed by atoms with E-state index in [4.69, 9.17) is 9.47 Å². The Balaban J connectivity index is 2.51. The number of nitrogens with one attached hydrogen (secondary N) is 1. The van der Waals surface area contributed by atoms with Crippen LogP contribution in [0.2, 0.25) is 0 Å². The van der Waals surface area contributed by atoms with E-state index in [9.17, 15) is 19.5 Å². The first-order valence-electron chi connectivity index (χ1n) is 7.36. The molecule has 0 aliphatic rings. The number of aliphatic carboxylic acids is 1. The molecule has 0 aliphatic carbocycles. The average molecular weight is 322 g/mol. The summed E-state index contributed by atoms with van der Waals surface area (Å²) in [6.07, 6.45) is -0.682. The van der Waals surface area contributed by atoms with E-state index < -0.39 is 24.1 Å². The molecule has 1 atom stereocenters. The van der Waals surface area contributed by atoms with Gasteiger partial charge in [-0.15, -0.1) is 0 Å². The van der Waals surface area contributed by atoms with E-state index >= 15 is 0 Å². The van der Waals surface area contributed by atoms with Gasteiger partial charge in [0.1, 0.15) is 12.6 Å². The molecular weight excluding hydrogens is 302 g/mol. The second-order valence-electron chi connectivity index (χ2n) is 4.84. The van der Waals surface area contributed by atoms with Crippen molar-refractivity contribution in [2.24, 2.45) is 0 Å². The van der Waals surface area contributed by atoms with E-state index in [1.807, 2.05) is 13.0 Å². The summed E-state index contributed by atoms with van der Waals surface area (Å²) in [5, 5.41) is 12.9. The third kappa shape index (κ3) is 7.85. The molecule has 1 N–H and O–H groups in total. The van der Waals surface area contributed by atoms with Gasteiger partial charge in [-0.05, 0) is 24.8 Å². The number of ether oxygens (including phenoxy) is 2. The highest BCUT2D eigenvalue weighted by atomic mass is 16.6. The van der Waals surface area contributed by atoms with Gasteiger partial charge in [0.05, 0.1) is 6.61 Å². The summed E-state index contributed by atoms with van der Waals surface area (Å²) in [7, 11) is 0. The number of carbonyl (C=O) groups is 3. The van der Waals surface area contributed by atoms with Crippen LogP contribution in [0.1, 0.15) is 31.7 Å². The summed E-state index contributed by atoms with van der Waals surface area (Å²) >= 11 is 0. The van der Waals surface area contributed by atoms with Crippen LogP contribution in [-0.2, 0) is 25.7 Å². The van der Waals surface area contributed by atoms with Gasteiger partial charge in [0.2, 0.25) is 0 Å². The number of carboxylic acids is 1. The minimum Gasteiger partial charge on any atom is -0.550 e. The van der Waals surface area contributed by atoms with Crippen molar-refractivity contribution in [2.45, 2.75) is 38.8 Å². The van der Waals surface area contributed by atoms with Crippen molar-refractivity contribution in [3.63, 3.8) is 0 Å². The fraction of sp³-hybridized carbons (Fsp3) is 0.438. The predicted octanol–water partition coefficient (Wildman–Crippen LogP) is 0.765. The van der Waals surface area contributed by atoms with Crippen LogP contribution in [0.5, 0.6) is 0 Å². The summed E-state index contributed by atoms with van der Waals surface area (Å²) < 4.78 is 9.93. The maximum absolute atomic E-state index is 11.8. The Morgan fingerprint density at radius 3 is 2.48 bits per heavy atom. The molecule has 0 radical (unpaired) electrons. The Hall–Kier alpha value is -2.57. The van der Waals surface area contributed by atoms with Crippen molar-refractivity contribution < 1.29 is 29.0 Å². The molecule has 1 amide bonds. The van der Waals surface area contributed by atoms with Crippen molar-refractivity contribution in [1.82, 2.24) is 5.32 Å². The molecule has 1 aromatic rings. The predicted molar refractivity (Wildman–Crippen MR) is 79.0 cm³/mol. The average Bonchev–Trinajstić information content (AvgIpc) is 2.55. The molecular formula is C16H20NO6-. The fourth-order valence-corrected chi connectivity index (χ4v) is 1.72. The molecule has 1 rings (SSSR count). The van der Waals surface area contributed by atoms with Crippen molar-refractivity contribution in [2.75, 3.05) is 6.61 Å².